The quantitative estimate of drug-likeness (QED) is 0.946. The van der Waals surface area contributed by atoms with E-state index in [-0.39, 0.29) is 5.75 Å². The van der Waals surface area contributed by atoms with Crippen molar-refractivity contribution in [2.75, 3.05) is 5.73 Å². The second-order valence-electron chi connectivity index (χ2n) is 5.43. The molecular weight excluding hydrogens is 284 g/mol. The first kappa shape index (κ1) is 15.5. The van der Waals surface area contributed by atoms with Crippen molar-refractivity contribution in [2.24, 2.45) is 0 Å². The predicted octanol–water partition coefficient (Wildman–Crippen LogP) is 2.87. The smallest absolute Gasteiger partial charge is 0.184 e. The maximum Gasteiger partial charge on any atom is 0.184 e. The molecular formula is C16H20N2O2S. The van der Waals surface area contributed by atoms with E-state index in [2.05, 4.69) is 4.98 Å². The minimum absolute atomic E-state index is 0.133. The summed E-state index contributed by atoms with van der Waals surface area (Å²) < 4.78 is 25.1. The number of hydrogen-bond acceptors (Lipinski definition) is 4. The molecule has 0 aliphatic carbocycles. The molecule has 1 aromatic carbocycles. The lowest BCUT2D eigenvalue weighted by atomic mass is 10.1. The van der Waals surface area contributed by atoms with Gasteiger partial charge in [-0.25, -0.2) is 8.42 Å². The van der Waals surface area contributed by atoms with Crippen molar-refractivity contribution in [3.05, 3.63) is 52.3 Å². The third-order valence-electron chi connectivity index (χ3n) is 3.84. The first-order chi connectivity index (χ1) is 9.72. The number of nitrogens with zero attached hydrogens (tertiary/aromatic N) is 1. The van der Waals surface area contributed by atoms with Crippen LogP contribution in [0.2, 0.25) is 0 Å². The number of nitrogen functional groups attached to an aromatic ring is 1. The molecule has 112 valence electrons. The molecule has 0 saturated carbocycles. The highest BCUT2D eigenvalue weighted by Crippen LogP contribution is 2.23. The van der Waals surface area contributed by atoms with Gasteiger partial charge in [-0.1, -0.05) is 6.07 Å². The predicted molar refractivity (Wildman–Crippen MR) is 84.9 cm³/mol. The van der Waals surface area contributed by atoms with Gasteiger partial charge in [0.1, 0.15) is 0 Å². The molecule has 0 aliphatic heterocycles. The van der Waals surface area contributed by atoms with Crippen LogP contribution in [-0.4, -0.2) is 13.4 Å². The van der Waals surface area contributed by atoms with Crippen LogP contribution in [0.4, 0.5) is 5.69 Å². The second-order valence-corrected chi connectivity index (χ2v) is 7.42. The maximum absolute atomic E-state index is 12.5. The SMILES string of the molecule is Cc1ccc(S(=O)(=O)Cc2ncc(C)c(N)c2C)cc1C. The molecule has 0 amide bonds. The van der Waals surface area contributed by atoms with Gasteiger partial charge in [-0.15, -0.1) is 0 Å². The normalized spacial score (nSPS) is 11.6. The lowest BCUT2D eigenvalue weighted by molar-refractivity contribution is 0.594. The van der Waals surface area contributed by atoms with E-state index >= 15 is 0 Å². The zero-order chi connectivity index (χ0) is 15.8. The molecule has 21 heavy (non-hydrogen) atoms. The molecule has 0 fully saturated rings. The molecule has 5 heteroatoms. The minimum atomic E-state index is -3.42. The van der Waals surface area contributed by atoms with E-state index < -0.39 is 9.84 Å². The molecule has 0 saturated heterocycles. The van der Waals surface area contributed by atoms with Gasteiger partial charge < -0.3 is 5.73 Å². The van der Waals surface area contributed by atoms with Gasteiger partial charge in [0.15, 0.2) is 9.84 Å². The Labute approximate surface area is 125 Å². The standard InChI is InChI=1S/C16H20N2O2S/c1-10-5-6-14(7-11(10)2)21(19,20)9-15-13(4)16(17)12(3)8-18-15/h5-8H,9H2,1-4H3,(H2,17,18). The molecule has 0 radical (unpaired) electrons. The van der Waals surface area contributed by atoms with Crippen molar-refractivity contribution in [1.29, 1.82) is 0 Å². The van der Waals surface area contributed by atoms with E-state index in [0.717, 1.165) is 22.3 Å². The Morgan fingerprint density at radius 1 is 1.05 bits per heavy atom. The van der Waals surface area contributed by atoms with Gasteiger partial charge in [-0.2, -0.15) is 0 Å². The van der Waals surface area contributed by atoms with Crippen LogP contribution in [0.1, 0.15) is 27.9 Å². The molecule has 0 bridgehead atoms. The molecule has 2 aromatic rings. The molecule has 0 atom stereocenters. The lowest BCUT2D eigenvalue weighted by Crippen LogP contribution is -2.10. The van der Waals surface area contributed by atoms with Crippen LogP contribution >= 0.6 is 0 Å². The highest BCUT2D eigenvalue weighted by molar-refractivity contribution is 7.90. The van der Waals surface area contributed by atoms with E-state index in [1.165, 1.54) is 0 Å². The summed E-state index contributed by atoms with van der Waals surface area (Å²) in [6.07, 6.45) is 1.62. The van der Waals surface area contributed by atoms with Crippen molar-refractivity contribution in [3.63, 3.8) is 0 Å². The summed E-state index contributed by atoms with van der Waals surface area (Å²) in [5, 5.41) is 0. The van der Waals surface area contributed by atoms with Gasteiger partial charge in [0.2, 0.25) is 0 Å². The van der Waals surface area contributed by atoms with Crippen molar-refractivity contribution in [2.45, 2.75) is 38.3 Å². The number of aromatic nitrogens is 1. The number of anilines is 1. The Bertz CT molecular complexity index is 796. The van der Waals surface area contributed by atoms with Crippen LogP contribution in [0.3, 0.4) is 0 Å². The molecule has 2 N–H and O–H groups in total. The Kier molecular flexibility index (Phi) is 4.05. The van der Waals surface area contributed by atoms with Crippen LogP contribution in [0.5, 0.6) is 0 Å². The molecule has 2 rings (SSSR count). The summed E-state index contributed by atoms with van der Waals surface area (Å²) in [6.45, 7) is 7.53. The fourth-order valence-electron chi connectivity index (χ4n) is 2.11. The van der Waals surface area contributed by atoms with Crippen LogP contribution in [0, 0.1) is 27.7 Å². The minimum Gasteiger partial charge on any atom is -0.398 e. The zero-order valence-electron chi connectivity index (χ0n) is 12.8. The van der Waals surface area contributed by atoms with E-state index in [0.29, 0.717) is 16.3 Å². The van der Waals surface area contributed by atoms with Gasteiger partial charge in [0, 0.05) is 11.9 Å². The summed E-state index contributed by atoms with van der Waals surface area (Å²) in [7, 11) is -3.42. The van der Waals surface area contributed by atoms with Gasteiger partial charge in [0.25, 0.3) is 0 Å². The zero-order valence-corrected chi connectivity index (χ0v) is 13.6. The number of hydrogen-bond donors (Lipinski definition) is 1. The second kappa shape index (κ2) is 5.48. The summed E-state index contributed by atoms with van der Waals surface area (Å²) in [5.41, 5.74) is 10.7. The number of benzene rings is 1. The van der Waals surface area contributed by atoms with Crippen LogP contribution in [0.15, 0.2) is 29.3 Å². The number of pyridine rings is 1. The first-order valence-corrected chi connectivity index (χ1v) is 8.38. The van der Waals surface area contributed by atoms with Crippen LogP contribution in [0.25, 0.3) is 0 Å². The van der Waals surface area contributed by atoms with Gasteiger partial charge in [-0.3, -0.25) is 4.98 Å². The molecule has 0 spiro atoms. The third kappa shape index (κ3) is 3.08. The maximum atomic E-state index is 12.5. The fraction of sp³-hybridized carbons (Fsp3) is 0.312. The highest BCUT2D eigenvalue weighted by Gasteiger charge is 2.19. The van der Waals surface area contributed by atoms with Crippen molar-refractivity contribution in [3.8, 4) is 0 Å². The van der Waals surface area contributed by atoms with Crippen LogP contribution < -0.4 is 5.73 Å². The van der Waals surface area contributed by atoms with Crippen molar-refractivity contribution in [1.82, 2.24) is 4.98 Å². The fourth-order valence-corrected chi connectivity index (χ4v) is 3.56. The Balaban J connectivity index is 2.42. The molecule has 0 aliphatic rings. The Morgan fingerprint density at radius 3 is 2.33 bits per heavy atom. The summed E-state index contributed by atoms with van der Waals surface area (Å²) >= 11 is 0. The average molecular weight is 304 g/mol. The van der Waals surface area contributed by atoms with Gasteiger partial charge in [0.05, 0.1) is 16.3 Å². The lowest BCUT2D eigenvalue weighted by Gasteiger charge is -2.11. The van der Waals surface area contributed by atoms with Gasteiger partial charge >= 0.3 is 0 Å². The summed E-state index contributed by atoms with van der Waals surface area (Å²) in [6, 6.07) is 5.17. The highest BCUT2D eigenvalue weighted by atomic mass is 32.2. The first-order valence-electron chi connectivity index (χ1n) is 6.73. The number of sulfone groups is 1. The summed E-state index contributed by atoms with van der Waals surface area (Å²) in [5.74, 6) is -0.133. The van der Waals surface area contributed by atoms with Crippen LogP contribution in [-0.2, 0) is 15.6 Å². The molecule has 0 unspecified atom stereocenters. The van der Waals surface area contributed by atoms with Gasteiger partial charge in [-0.05, 0) is 62.1 Å². The average Bonchev–Trinajstić information content (AvgIpc) is 2.42. The molecule has 1 aromatic heterocycles. The van der Waals surface area contributed by atoms with E-state index in [1.807, 2.05) is 26.8 Å². The number of aryl methyl sites for hydroxylation is 3. The third-order valence-corrected chi connectivity index (χ3v) is 5.47. The number of rotatable bonds is 3. The van der Waals surface area contributed by atoms with E-state index in [4.69, 9.17) is 5.73 Å². The Morgan fingerprint density at radius 2 is 1.71 bits per heavy atom. The van der Waals surface area contributed by atoms with Crippen molar-refractivity contribution < 1.29 is 8.42 Å². The monoisotopic (exact) mass is 304 g/mol. The molecule has 1 heterocycles. The number of nitrogens with two attached hydrogens (primary N) is 1. The van der Waals surface area contributed by atoms with E-state index in [1.54, 1.807) is 25.3 Å². The largest absolute Gasteiger partial charge is 0.398 e. The Hall–Kier alpha value is -1.88. The topological polar surface area (TPSA) is 73.0 Å². The van der Waals surface area contributed by atoms with E-state index in [9.17, 15) is 8.42 Å². The molecule has 4 nitrogen and oxygen atoms in total. The van der Waals surface area contributed by atoms with Crippen molar-refractivity contribution >= 4 is 15.5 Å². The summed E-state index contributed by atoms with van der Waals surface area (Å²) in [4.78, 5) is 4.56.